The highest BCUT2D eigenvalue weighted by Gasteiger charge is 2.40. The van der Waals surface area contributed by atoms with Gasteiger partial charge in [-0.25, -0.2) is 0 Å². The van der Waals surface area contributed by atoms with Crippen molar-refractivity contribution >= 4 is 40.5 Å². The van der Waals surface area contributed by atoms with Gasteiger partial charge in [-0.05, 0) is 36.1 Å². The molecule has 2 aliphatic rings. The monoisotopic (exact) mass is 379 g/mol. The molecule has 0 saturated heterocycles. The third-order valence-corrected chi connectivity index (χ3v) is 6.06. The van der Waals surface area contributed by atoms with Crippen molar-refractivity contribution in [3.05, 3.63) is 68.7 Å². The highest BCUT2D eigenvalue weighted by molar-refractivity contribution is 6.44. The van der Waals surface area contributed by atoms with E-state index in [1.165, 1.54) is 5.56 Å². The topological polar surface area (TPSA) is 21.3 Å². The maximum Gasteiger partial charge on any atom is 0.118 e. The number of anilines is 1. The Bertz CT molecular complexity index is 816. The van der Waals surface area contributed by atoms with Crippen molar-refractivity contribution in [2.75, 3.05) is 12.4 Å². The summed E-state index contributed by atoms with van der Waals surface area (Å²) >= 11 is 19.2. The predicted molar refractivity (Wildman–Crippen MR) is 101 cm³/mol. The van der Waals surface area contributed by atoms with E-state index in [0.29, 0.717) is 21.0 Å². The van der Waals surface area contributed by atoms with E-state index in [-0.39, 0.29) is 12.0 Å². The molecule has 5 heteroatoms. The van der Waals surface area contributed by atoms with Gasteiger partial charge >= 0.3 is 0 Å². The molecule has 4 rings (SSSR count). The molecule has 3 atom stereocenters. The summed E-state index contributed by atoms with van der Waals surface area (Å²) in [5.41, 5.74) is 3.11. The lowest BCUT2D eigenvalue weighted by molar-refractivity contribution is 0.411. The number of nitrogens with one attached hydrogen (secondary N) is 1. The van der Waals surface area contributed by atoms with E-state index in [9.17, 15) is 0 Å². The van der Waals surface area contributed by atoms with Gasteiger partial charge in [0.2, 0.25) is 0 Å². The lowest BCUT2D eigenvalue weighted by Gasteiger charge is -2.38. The van der Waals surface area contributed by atoms with Crippen LogP contribution in [0.15, 0.2) is 42.5 Å². The van der Waals surface area contributed by atoms with E-state index < -0.39 is 0 Å². The fourth-order valence-corrected chi connectivity index (χ4v) is 4.61. The summed E-state index contributed by atoms with van der Waals surface area (Å²) in [6, 6.07) is 10.0. The Hall–Kier alpha value is -1.35. The van der Waals surface area contributed by atoms with Crippen molar-refractivity contribution in [3.63, 3.8) is 0 Å². The number of hydrogen-bond acceptors (Lipinski definition) is 2. The number of methoxy groups -OCH3 is 1. The molecule has 0 spiro atoms. The van der Waals surface area contributed by atoms with E-state index in [1.807, 2.05) is 12.1 Å². The first-order valence-electron chi connectivity index (χ1n) is 7.84. The zero-order chi connectivity index (χ0) is 16.8. The zero-order valence-electron chi connectivity index (χ0n) is 13.0. The van der Waals surface area contributed by atoms with E-state index in [0.717, 1.165) is 23.4 Å². The van der Waals surface area contributed by atoms with Crippen molar-refractivity contribution in [2.45, 2.75) is 18.4 Å². The van der Waals surface area contributed by atoms with Gasteiger partial charge in [0.05, 0.1) is 33.9 Å². The second-order valence-electron chi connectivity index (χ2n) is 6.19. The summed E-state index contributed by atoms with van der Waals surface area (Å²) in [5.74, 6) is 1.46. The molecule has 2 aromatic rings. The van der Waals surface area contributed by atoms with Crippen LogP contribution in [-0.4, -0.2) is 7.11 Å². The minimum absolute atomic E-state index is 0.165. The quantitative estimate of drug-likeness (QED) is 0.475. The van der Waals surface area contributed by atoms with Crippen LogP contribution in [0.25, 0.3) is 0 Å². The molecule has 2 aromatic carbocycles. The normalized spacial score (nSPS) is 24.2. The van der Waals surface area contributed by atoms with E-state index in [4.69, 9.17) is 39.5 Å². The molecule has 1 heterocycles. The van der Waals surface area contributed by atoms with Gasteiger partial charge < -0.3 is 10.1 Å². The Morgan fingerprint density at radius 2 is 1.83 bits per heavy atom. The van der Waals surface area contributed by atoms with Crippen LogP contribution in [0.5, 0.6) is 5.75 Å². The van der Waals surface area contributed by atoms with Gasteiger partial charge in [0, 0.05) is 11.5 Å². The number of hydrogen-bond donors (Lipinski definition) is 1. The number of rotatable bonds is 2. The van der Waals surface area contributed by atoms with Gasteiger partial charge in [0.1, 0.15) is 5.75 Å². The van der Waals surface area contributed by atoms with Crippen LogP contribution >= 0.6 is 34.8 Å². The standard InChI is InChI=1S/C19H16Cl3NO/c1-24-11-7-5-10(6-8-11)18-13-4-2-3-12(13)16-17(22)14(20)9-15(21)19(16)23-18/h2-3,5-9,12-13,18,23H,4H2,1H3. The number of benzene rings is 2. The smallest absolute Gasteiger partial charge is 0.118 e. The number of allylic oxidation sites excluding steroid dienone is 2. The molecule has 2 nitrogen and oxygen atoms in total. The van der Waals surface area contributed by atoms with Crippen molar-refractivity contribution in [2.24, 2.45) is 5.92 Å². The average Bonchev–Trinajstić information content (AvgIpc) is 3.08. The van der Waals surface area contributed by atoms with Crippen LogP contribution in [0.2, 0.25) is 15.1 Å². The summed E-state index contributed by atoms with van der Waals surface area (Å²) in [5, 5.41) is 5.31. The first kappa shape index (κ1) is 16.1. The fraction of sp³-hybridized carbons (Fsp3) is 0.263. The molecule has 0 amide bonds. The second-order valence-corrected chi connectivity index (χ2v) is 7.38. The summed E-state index contributed by atoms with van der Waals surface area (Å²) < 4.78 is 5.26. The Morgan fingerprint density at radius 1 is 1.08 bits per heavy atom. The molecule has 0 aromatic heterocycles. The minimum Gasteiger partial charge on any atom is -0.497 e. The van der Waals surface area contributed by atoms with Crippen LogP contribution < -0.4 is 10.1 Å². The summed E-state index contributed by atoms with van der Waals surface area (Å²) in [4.78, 5) is 0. The van der Waals surface area contributed by atoms with Crippen LogP contribution in [-0.2, 0) is 0 Å². The van der Waals surface area contributed by atoms with Gasteiger partial charge in [0.25, 0.3) is 0 Å². The Kier molecular flexibility index (Phi) is 4.16. The van der Waals surface area contributed by atoms with Crippen LogP contribution in [0, 0.1) is 5.92 Å². The predicted octanol–water partition coefficient (Wildman–Crippen LogP) is 6.48. The number of ether oxygens (including phenoxy) is 1. The first-order chi connectivity index (χ1) is 11.6. The van der Waals surface area contributed by atoms with Gasteiger partial charge in [0.15, 0.2) is 0 Å². The molecule has 0 bridgehead atoms. The number of halogens is 3. The van der Waals surface area contributed by atoms with Gasteiger partial charge in [-0.1, -0.05) is 59.1 Å². The van der Waals surface area contributed by atoms with Crippen molar-refractivity contribution in [1.29, 1.82) is 0 Å². The minimum atomic E-state index is 0.165. The Labute approximate surface area is 156 Å². The molecular weight excluding hydrogens is 365 g/mol. The lowest BCUT2D eigenvalue weighted by atomic mass is 9.77. The highest BCUT2D eigenvalue weighted by Crippen LogP contribution is 2.54. The summed E-state index contributed by atoms with van der Waals surface area (Å²) in [6.45, 7) is 0. The molecule has 1 N–H and O–H groups in total. The molecular formula is C19H16Cl3NO. The second kappa shape index (κ2) is 6.18. The molecule has 0 radical (unpaired) electrons. The lowest BCUT2D eigenvalue weighted by Crippen LogP contribution is -2.29. The van der Waals surface area contributed by atoms with E-state index >= 15 is 0 Å². The SMILES string of the molecule is COc1ccc(C2Nc3c(Cl)cc(Cl)c(Cl)c3C3C=CCC32)cc1. The molecule has 0 fully saturated rings. The van der Waals surface area contributed by atoms with Crippen LogP contribution in [0.1, 0.15) is 29.5 Å². The van der Waals surface area contributed by atoms with E-state index in [2.05, 4.69) is 29.6 Å². The van der Waals surface area contributed by atoms with Gasteiger partial charge in [-0.15, -0.1) is 0 Å². The van der Waals surface area contributed by atoms with Gasteiger partial charge in [-0.3, -0.25) is 0 Å². The fourth-order valence-electron chi connectivity index (χ4n) is 3.80. The third-order valence-electron chi connectivity index (χ3n) is 4.96. The van der Waals surface area contributed by atoms with Crippen molar-refractivity contribution < 1.29 is 4.74 Å². The molecule has 0 saturated carbocycles. The average molecular weight is 381 g/mol. The van der Waals surface area contributed by atoms with Crippen LogP contribution in [0.4, 0.5) is 5.69 Å². The molecule has 3 unspecified atom stereocenters. The highest BCUT2D eigenvalue weighted by atomic mass is 35.5. The largest absolute Gasteiger partial charge is 0.497 e. The first-order valence-corrected chi connectivity index (χ1v) is 8.98. The van der Waals surface area contributed by atoms with Crippen LogP contribution in [0.3, 0.4) is 0 Å². The molecule has 1 aliphatic heterocycles. The maximum atomic E-state index is 6.50. The zero-order valence-corrected chi connectivity index (χ0v) is 15.3. The molecule has 124 valence electrons. The van der Waals surface area contributed by atoms with Crippen molar-refractivity contribution in [3.8, 4) is 5.75 Å². The Balaban J connectivity index is 1.81. The Morgan fingerprint density at radius 3 is 2.54 bits per heavy atom. The third kappa shape index (κ3) is 2.48. The van der Waals surface area contributed by atoms with Crippen molar-refractivity contribution in [1.82, 2.24) is 0 Å². The summed E-state index contributed by atoms with van der Waals surface area (Å²) in [6.07, 6.45) is 5.43. The molecule has 24 heavy (non-hydrogen) atoms. The maximum absolute atomic E-state index is 6.50. The molecule has 1 aliphatic carbocycles. The summed E-state index contributed by atoms with van der Waals surface area (Å²) in [7, 11) is 1.67. The number of fused-ring (bicyclic) bond motifs is 3. The van der Waals surface area contributed by atoms with E-state index in [1.54, 1.807) is 13.2 Å². The van der Waals surface area contributed by atoms with Gasteiger partial charge in [-0.2, -0.15) is 0 Å².